The van der Waals surface area contributed by atoms with Crippen LogP contribution in [0.25, 0.3) is 22.0 Å². The standard InChI is InChI=1S/C19H16N4O2S/c1-12-17(26-19(21-12)16-8-5-9-25-16)11-20-18(24)15-10-14(22-23-15)13-6-3-2-4-7-13/h2-10H,11H2,1H3,(H,20,24)(H,22,23). The second-order valence-electron chi connectivity index (χ2n) is 5.72. The van der Waals surface area contributed by atoms with E-state index in [0.717, 1.165) is 32.6 Å². The van der Waals surface area contributed by atoms with E-state index in [-0.39, 0.29) is 5.91 Å². The molecule has 6 nitrogen and oxygen atoms in total. The summed E-state index contributed by atoms with van der Waals surface area (Å²) in [5.41, 5.74) is 3.02. The Morgan fingerprint density at radius 3 is 2.85 bits per heavy atom. The number of amides is 1. The maximum absolute atomic E-state index is 12.4. The van der Waals surface area contributed by atoms with Crippen LogP contribution in [0.15, 0.2) is 59.2 Å². The lowest BCUT2D eigenvalue weighted by Crippen LogP contribution is -2.23. The number of nitrogens with one attached hydrogen (secondary N) is 2. The minimum absolute atomic E-state index is 0.202. The third-order valence-electron chi connectivity index (χ3n) is 3.93. The van der Waals surface area contributed by atoms with Crippen molar-refractivity contribution >= 4 is 17.2 Å². The monoisotopic (exact) mass is 364 g/mol. The summed E-state index contributed by atoms with van der Waals surface area (Å²) in [7, 11) is 0. The highest BCUT2D eigenvalue weighted by molar-refractivity contribution is 7.15. The van der Waals surface area contributed by atoms with E-state index in [2.05, 4.69) is 20.5 Å². The number of aryl methyl sites for hydroxylation is 1. The first-order chi connectivity index (χ1) is 12.7. The van der Waals surface area contributed by atoms with E-state index in [0.29, 0.717) is 12.2 Å². The summed E-state index contributed by atoms with van der Waals surface area (Å²) in [5.74, 6) is 0.531. The van der Waals surface area contributed by atoms with Gasteiger partial charge in [-0.3, -0.25) is 9.89 Å². The molecular formula is C19H16N4O2S. The van der Waals surface area contributed by atoms with Crippen LogP contribution in [0, 0.1) is 6.92 Å². The molecule has 0 atom stereocenters. The summed E-state index contributed by atoms with van der Waals surface area (Å²) in [6, 6.07) is 15.2. The van der Waals surface area contributed by atoms with Gasteiger partial charge in [0.15, 0.2) is 10.8 Å². The number of benzene rings is 1. The molecule has 3 aromatic heterocycles. The van der Waals surface area contributed by atoms with Gasteiger partial charge in [-0.1, -0.05) is 30.3 Å². The number of thiazole rings is 1. The van der Waals surface area contributed by atoms with Gasteiger partial charge in [0.05, 0.1) is 24.2 Å². The molecule has 0 saturated carbocycles. The number of H-pyrrole nitrogens is 1. The first-order valence-electron chi connectivity index (χ1n) is 8.10. The van der Waals surface area contributed by atoms with E-state index in [1.54, 1.807) is 12.3 Å². The summed E-state index contributed by atoms with van der Waals surface area (Å²) in [5, 5.41) is 10.7. The number of carbonyl (C=O) groups is 1. The van der Waals surface area contributed by atoms with Crippen molar-refractivity contribution in [2.75, 3.05) is 0 Å². The lowest BCUT2D eigenvalue weighted by atomic mass is 10.1. The number of carbonyl (C=O) groups excluding carboxylic acids is 1. The number of nitrogens with zero attached hydrogens (tertiary/aromatic N) is 2. The van der Waals surface area contributed by atoms with Crippen molar-refractivity contribution in [3.05, 3.63) is 71.1 Å². The SMILES string of the molecule is Cc1nc(-c2ccco2)sc1CNC(=O)c1cc(-c2ccccc2)n[nH]1. The average molecular weight is 364 g/mol. The van der Waals surface area contributed by atoms with Crippen LogP contribution in [0.2, 0.25) is 0 Å². The molecular weight excluding hydrogens is 348 g/mol. The van der Waals surface area contributed by atoms with Gasteiger partial charge >= 0.3 is 0 Å². The normalized spacial score (nSPS) is 10.8. The van der Waals surface area contributed by atoms with Gasteiger partial charge in [-0.25, -0.2) is 4.98 Å². The molecule has 1 aromatic carbocycles. The second kappa shape index (κ2) is 6.97. The van der Waals surface area contributed by atoms with Crippen molar-refractivity contribution in [2.24, 2.45) is 0 Å². The van der Waals surface area contributed by atoms with Gasteiger partial charge in [-0.15, -0.1) is 11.3 Å². The fraction of sp³-hybridized carbons (Fsp3) is 0.105. The van der Waals surface area contributed by atoms with Gasteiger partial charge in [-0.05, 0) is 25.1 Å². The lowest BCUT2D eigenvalue weighted by molar-refractivity contribution is 0.0946. The van der Waals surface area contributed by atoms with Crippen LogP contribution in [-0.4, -0.2) is 21.1 Å². The average Bonchev–Trinajstić information content (AvgIpc) is 3.41. The summed E-state index contributed by atoms with van der Waals surface area (Å²) >= 11 is 1.51. The maximum Gasteiger partial charge on any atom is 0.269 e. The van der Waals surface area contributed by atoms with Crippen molar-refractivity contribution in [2.45, 2.75) is 13.5 Å². The maximum atomic E-state index is 12.4. The third-order valence-corrected chi connectivity index (χ3v) is 5.10. The molecule has 0 aliphatic carbocycles. The minimum Gasteiger partial charge on any atom is -0.462 e. The van der Waals surface area contributed by atoms with E-state index >= 15 is 0 Å². The summed E-state index contributed by atoms with van der Waals surface area (Å²) in [6.45, 7) is 2.33. The molecule has 1 amide bonds. The van der Waals surface area contributed by atoms with Gasteiger partial charge in [0.1, 0.15) is 5.69 Å². The van der Waals surface area contributed by atoms with Crippen molar-refractivity contribution in [3.63, 3.8) is 0 Å². The Bertz CT molecular complexity index is 1020. The number of hydrogen-bond acceptors (Lipinski definition) is 5. The molecule has 4 rings (SSSR count). The fourth-order valence-corrected chi connectivity index (χ4v) is 3.52. The quantitative estimate of drug-likeness (QED) is 0.560. The van der Waals surface area contributed by atoms with Crippen LogP contribution in [0.1, 0.15) is 21.1 Å². The molecule has 26 heavy (non-hydrogen) atoms. The lowest BCUT2D eigenvalue weighted by Gasteiger charge is -2.01. The molecule has 3 heterocycles. The number of hydrogen-bond donors (Lipinski definition) is 2. The van der Waals surface area contributed by atoms with Crippen molar-refractivity contribution < 1.29 is 9.21 Å². The molecule has 4 aromatic rings. The van der Waals surface area contributed by atoms with E-state index in [1.807, 2.05) is 49.4 Å². The van der Waals surface area contributed by atoms with Crippen LogP contribution in [0.3, 0.4) is 0 Å². The van der Waals surface area contributed by atoms with Gasteiger partial charge < -0.3 is 9.73 Å². The predicted octanol–water partition coefficient (Wildman–Crippen LogP) is 4.03. The first kappa shape index (κ1) is 16.3. The second-order valence-corrected chi connectivity index (χ2v) is 6.80. The predicted molar refractivity (Wildman–Crippen MR) is 99.7 cm³/mol. The molecule has 0 radical (unpaired) electrons. The Labute approximate surface area is 153 Å². The highest BCUT2D eigenvalue weighted by atomic mass is 32.1. The minimum atomic E-state index is -0.202. The molecule has 0 spiro atoms. The number of furan rings is 1. The van der Waals surface area contributed by atoms with Crippen LogP contribution in [0.5, 0.6) is 0 Å². The smallest absolute Gasteiger partial charge is 0.269 e. The van der Waals surface area contributed by atoms with Gasteiger partial charge in [-0.2, -0.15) is 5.10 Å². The molecule has 0 aliphatic heterocycles. The van der Waals surface area contributed by atoms with Crippen LogP contribution in [-0.2, 0) is 6.54 Å². The summed E-state index contributed by atoms with van der Waals surface area (Å²) in [6.07, 6.45) is 1.62. The summed E-state index contributed by atoms with van der Waals surface area (Å²) in [4.78, 5) is 17.9. The Morgan fingerprint density at radius 1 is 1.23 bits per heavy atom. The topological polar surface area (TPSA) is 83.8 Å². The van der Waals surface area contributed by atoms with Crippen LogP contribution in [0.4, 0.5) is 0 Å². The van der Waals surface area contributed by atoms with E-state index in [4.69, 9.17) is 4.42 Å². The van der Waals surface area contributed by atoms with Crippen molar-refractivity contribution in [3.8, 4) is 22.0 Å². The van der Waals surface area contributed by atoms with Crippen molar-refractivity contribution in [1.82, 2.24) is 20.5 Å². The van der Waals surface area contributed by atoms with Gasteiger partial charge in [0.25, 0.3) is 5.91 Å². The Hall–Kier alpha value is -3.19. The van der Waals surface area contributed by atoms with Crippen molar-refractivity contribution in [1.29, 1.82) is 0 Å². The number of aromatic amines is 1. The van der Waals surface area contributed by atoms with E-state index in [1.165, 1.54) is 11.3 Å². The highest BCUT2D eigenvalue weighted by Gasteiger charge is 2.14. The first-order valence-corrected chi connectivity index (χ1v) is 8.91. The van der Waals surface area contributed by atoms with Gasteiger partial charge in [0, 0.05) is 10.4 Å². The van der Waals surface area contributed by atoms with E-state index < -0.39 is 0 Å². The Balaban J connectivity index is 1.44. The summed E-state index contributed by atoms with van der Waals surface area (Å²) < 4.78 is 5.37. The van der Waals surface area contributed by atoms with Crippen LogP contribution < -0.4 is 5.32 Å². The van der Waals surface area contributed by atoms with Gasteiger partial charge in [0.2, 0.25) is 0 Å². The van der Waals surface area contributed by atoms with E-state index in [9.17, 15) is 4.79 Å². The fourth-order valence-electron chi connectivity index (χ4n) is 2.55. The Kier molecular flexibility index (Phi) is 4.37. The van der Waals surface area contributed by atoms with Crippen LogP contribution >= 0.6 is 11.3 Å². The molecule has 0 unspecified atom stereocenters. The molecule has 130 valence electrons. The zero-order valence-electron chi connectivity index (χ0n) is 14.0. The largest absolute Gasteiger partial charge is 0.462 e. The number of rotatable bonds is 5. The molecule has 0 fully saturated rings. The number of aromatic nitrogens is 3. The molecule has 0 saturated heterocycles. The highest BCUT2D eigenvalue weighted by Crippen LogP contribution is 2.28. The Morgan fingerprint density at radius 2 is 2.08 bits per heavy atom. The molecule has 2 N–H and O–H groups in total. The zero-order valence-corrected chi connectivity index (χ0v) is 14.8. The molecule has 0 aliphatic rings. The zero-order chi connectivity index (χ0) is 17.9. The molecule has 7 heteroatoms. The molecule has 0 bridgehead atoms. The third kappa shape index (κ3) is 3.29.